The molecule has 0 saturated heterocycles. The molecule has 0 radical (unpaired) electrons. The predicted octanol–water partition coefficient (Wildman–Crippen LogP) is 4.93. The van der Waals surface area contributed by atoms with Crippen molar-refractivity contribution >= 4 is 39.4 Å². The lowest BCUT2D eigenvalue weighted by Crippen LogP contribution is -2.16. The van der Waals surface area contributed by atoms with E-state index in [0.29, 0.717) is 27.2 Å². The van der Waals surface area contributed by atoms with Gasteiger partial charge < -0.3 is 19.6 Å². The van der Waals surface area contributed by atoms with Crippen LogP contribution in [0.3, 0.4) is 0 Å². The van der Waals surface area contributed by atoms with Gasteiger partial charge >= 0.3 is 0 Å². The molecule has 3 aromatic rings. The highest BCUT2D eigenvalue weighted by Crippen LogP contribution is 2.37. The van der Waals surface area contributed by atoms with E-state index < -0.39 is 4.92 Å². The number of nitrogens with one attached hydrogen (secondary N) is 1. The van der Waals surface area contributed by atoms with Gasteiger partial charge in [0.2, 0.25) is 0 Å². The van der Waals surface area contributed by atoms with Crippen LogP contribution in [0, 0.1) is 10.1 Å². The average molecular weight is 514 g/mol. The van der Waals surface area contributed by atoms with Crippen molar-refractivity contribution < 1.29 is 24.0 Å². The Morgan fingerprint density at radius 2 is 1.88 bits per heavy atom. The fourth-order valence-electron chi connectivity index (χ4n) is 2.74. The maximum absolute atomic E-state index is 11.9. The second-order valence-corrected chi connectivity index (χ2v) is 7.52. The minimum atomic E-state index is -0.454. The van der Waals surface area contributed by atoms with Crippen molar-refractivity contribution in [2.24, 2.45) is 5.16 Å². The van der Waals surface area contributed by atoms with E-state index in [1.807, 2.05) is 18.2 Å². The summed E-state index contributed by atoms with van der Waals surface area (Å²) < 4.78 is 11.9. The Balaban J connectivity index is 1.57. The number of ether oxygens (including phenoxy) is 2. The Bertz CT molecular complexity index is 1140. The van der Waals surface area contributed by atoms with Crippen molar-refractivity contribution in [2.75, 3.05) is 19.0 Å². The van der Waals surface area contributed by atoms with E-state index in [2.05, 4.69) is 26.4 Å². The zero-order valence-corrected chi connectivity index (χ0v) is 19.2. The molecule has 1 amide bonds. The summed E-state index contributed by atoms with van der Waals surface area (Å²) in [5.74, 6) is 0.595. The average Bonchev–Trinajstić information content (AvgIpc) is 2.81. The Kier molecular flexibility index (Phi) is 8.36. The molecular weight excluding hydrogens is 494 g/mol. The maximum atomic E-state index is 11.9. The molecule has 3 rings (SSSR count). The third kappa shape index (κ3) is 7.04. The third-order valence-corrected chi connectivity index (χ3v) is 4.90. The van der Waals surface area contributed by atoms with Crippen molar-refractivity contribution in [1.29, 1.82) is 0 Å². The van der Waals surface area contributed by atoms with Crippen molar-refractivity contribution in [3.05, 3.63) is 92.4 Å². The first-order chi connectivity index (χ1) is 16.0. The summed E-state index contributed by atoms with van der Waals surface area (Å²) in [7, 11) is 1.51. The number of halogens is 1. The molecule has 0 bridgehead atoms. The summed E-state index contributed by atoms with van der Waals surface area (Å²) in [6.07, 6.45) is 1.45. The minimum absolute atomic E-state index is 0.0147. The van der Waals surface area contributed by atoms with Gasteiger partial charge in [-0.2, -0.15) is 0 Å². The number of nitro groups is 1. The van der Waals surface area contributed by atoms with Gasteiger partial charge in [-0.1, -0.05) is 23.4 Å². The highest BCUT2D eigenvalue weighted by Gasteiger charge is 2.12. The zero-order valence-electron chi connectivity index (χ0n) is 17.6. The molecule has 0 aliphatic carbocycles. The van der Waals surface area contributed by atoms with Crippen LogP contribution in [0.2, 0.25) is 0 Å². The molecule has 0 aliphatic heterocycles. The van der Waals surface area contributed by atoms with Crippen molar-refractivity contribution in [3.8, 4) is 11.5 Å². The van der Waals surface area contributed by atoms with Crippen LogP contribution < -0.4 is 14.8 Å². The van der Waals surface area contributed by atoms with Crippen LogP contribution in [0.1, 0.15) is 11.1 Å². The lowest BCUT2D eigenvalue weighted by molar-refractivity contribution is -0.384. The number of methoxy groups -OCH3 is 1. The first kappa shape index (κ1) is 23.7. The maximum Gasteiger partial charge on any atom is 0.269 e. The molecule has 0 aliphatic rings. The summed E-state index contributed by atoms with van der Waals surface area (Å²) in [6.45, 7) is -0.0415. The number of nitrogens with zero attached hydrogens (tertiary/aromatic N) is 2. The van der Waals surface area contributed by atoms with Crippen LogP contribution >= 0.6 is 15.9 Å². The van der Waals surface area contributed by atoms with Gasteiger partial charge in [0, 0.05) is 23.4 Å². The smallest absolute Gasteiger partial charge is 0.269 e. The number of non-ortho nitro benzene ring substituents is 1. The molecule has 33 heavy (non-hydrogen) atoms. The topological polar surface area (TPSA) is 112 Å². The van der Waals surface area contributed by atoms with Gasteiger partial charge in [0.15, 0.2) is 18.1 Å². The van der Waals surface area contributed by atoms with Gasteiger partial charge in [0.1, 0.15) is 6.61 Å². The van der Waals surface area contributed by atoms with E-state index in [1.54, 1.807) is 36.4 Å². The minimum Gasteiger partial charge on any atom is -0.493 e. The summed E-state index contributed by atoms with van der Waals surface area (Å²) in [4.78, 5) is 27.3. The molecule has 3 aromatic carbocycles. The molecule has 1 N–H and O–H groups in total. The van der Waals surface area contributed by atoms with Gasteiger partial charge in [-0.25, -0.2) is 0 Å². The number of benzene rings is 3. The number of hydrogen-bond donors (Lipinski definition) is 1. The molecule has 0 aromatic heterocycles. The number of para-hydroxylation sites is 1. The molecular formula is C23H20BrN3O6. The van der Waals surface area contributed by atoms with Crippen molar-refractivity contribution in [3.63, 3.8) is 0 Å². The summed E-state index contributed by atoms with van der Waals surface area (Å²) in [5.41, 5.74) is 2.11. The van der Waals surface area contributed by atoms with Crippen molar-refractivity contribution in [2.45, 2.75) is 6.61 Å². The zero-order chi connectivity index (χ0) is 23.6. The Morgan fingerprint density at radius 1 is 1.15 bits per heavy atom. The lowest BCUT2D eigenvalue weighted by Gasteiger charge is -2.13. The molecule has 0 saturated carbocycles. The van der Waals surface area contributed by atoms with Crippen molar-refractivity contribution in [1.82, 2.24) is 0 Å². The number of nitro benzene ring substituents is 1. The molecule has 10 heteroatoms. The molecule has 170 valence electrons. The van der Waals surface area contributed by atoms with E-state index >= 15 is 0 Å². The number of carbonyl (C=O) groups excluding carboxylic acids is 1. The van der Waals surface area contributed by atoms with Crippen LogP contribution in [0.25, 0.3) is 0 Å². The van der Waals surface area contributed by atoms with Gasteiger partial charge in [-0.15, -0.1) is 0 Å². The molecule has 0 heterocycles. The number of hydrogen-bond acceptors (Lipinski definition) is 7. The number of amides is 1. The fourth-order valence-corrected chi connectivity index (χ4v) is 3.31. The van der Waals surface area contributed by atoms with E-state index in [4.69, 9.17) is 14.3 Å². The number of oxime groups is 1. The Morgan fingerprint density at radius 3 is 2.55 bits per heavy atom. The first-order valence-electron chi connectivity index (χ1n) is 9.70. The molecule has 0 atom stereocenters. The van der Waals surface area contributed by atoms with Crippen LogP contribution in [0.5, 0.6) is 11.5 Å². The predicted molar refractivity (Wildman–Crippen MR) is 127 cm³/mol. The standard InChI is InChI=1S/C23H20BrN3O6/c1-31-21-12-17(13-25-33-15-22(28)26-18-5-3-2-4-6-18)11-20(24)23(21)32-14-16-7-9-19(10-8-16)27(29)30/h2-13H,14-15H2,1H3,(H,26,28)/b25-13+. The van der Waals surface area contributed by atoms with Gasteiger partial charge in [0.25, 0.3) is 11.6 Å². The summed E-state index contributed by atoms with van der Waals surface area (Å²) >= 11 is 3.45. The number of rotatable bonds is 10. The Hall–Kier alpha value is -3.92. The third-order valence-electron chi connectivity index (χ3n) is 4.31. The monoisotopic (exact) mass is 513 g/mol. The fraction of sp³-hybridized carbons (Fsp3) is 0.130. The highest BCUT2D eigenvalue weighted by atomic mass is 79.9. The second-order valence-electron chi connectivity index (χ2n) is 6.67. The quantitative estimate of drug-likeness (QED) is 0.233. The first-order valence-corrected chi connectivity index (χ1v) is 10.5. The second kappa shape index (κ2) is 11.6. The molecule has 0 fully saturated rings. The van der Waals surface area contributed by atoms with E-state index in [9.17, 15) is 14.9 Å². The molecule has 0 unspecified atom stereocenters. The van der Waals surface area contributed by atoms with Crippen LogP contribution in [-0.4, -0.2) is 30.8 Å². The van der Waals surface area contributed by atoms with Gasteiger partial charge in [0.05, 0.1) is 22.7 Å². The number of carbonyl (C=O) groups is 1. The SMILES string of the molecule is COc1cc(/C=N/OCC(=O)Nc2ccccc2)cc(Br)c1OCc1ccc([N+](=O)[O-])cc1. The lowest BCUT2D eigenvalue weighted by atomic mass is 10.2. The van der Waals surface area contributed by atoms with Crippen LogP contribution in [0.4, 0.5) is 11.4 Å². The van der Waals surface area contributed by atoms with Gasteiger partial charge in [-0.05, 0) is 57.9 Å². The highest BCUT2D eigenvalue weighted by molar-refractivity contribution is 9.10. The molecule has 0 spiro atoms. The van der Waals surface area contributed by atoms with Crippen LogP contribution in [-0.2, 0) is 16.2 Å². The van der Waals surface area contributed by atoms with Crippen LogP contribution in [0.15, 0.2) is 76.4 Å². The van der Waals surface area contributed by atoms with E-state index in [0.717, 1.165) is 5.56 Å². The van der Waals surface area contributed by atoms with E-state index in [1.165, 1.54) is 25.5 Å². The van der Waals surface area contributed by atoms with E-state index in [-0.39, 0.29) is 24.8 Å². The molecule has 9 nitrogen and oxygen atoms in total. The Labute approximate surface area is 198 Å². The summed E-state index contributed by atoms with van der Waals surface area (Å²) in [5, 5.41) is 17.3. The summed E-state index contributed by atoms with van der Waals surface area (Å²) in [6, 6.07) is 18.6. The largest absolute Gasteiger partial charge is 0.493 e. The number of anilines is 1. The normalized spacial score (nSPS) is 10.6. The van der Waals surface area contributed by atoms with Gasteiger partial charge in [-0.3, -0.25) is 14.9 Å².